The lowest BCUT2D eigenvalue weighted by Crippen LogP contribution is -2.36. The summed E-state index contributed by atoms with van der Waals surface area (Å²) in [6.45, 7) is 1.88. The van der Waals surface area contributed by atoms with Crippen LogP contribution in [0.4, 0.5) is 5.69 Å². The lowest BCUT2D eigenvalue weighted by atomic mass is 10.0. The van der Waals surface area contributed by atoms with Crippen molar-refractivity contribution >= 4 is 44.3 Å². The van der Waals surface area contributed by atoms with E-state index in [0.29, 0.717) is 22.7 Å². The van der Waals surface area contributed by atoms with Gasteiger partial charge in [-0.25, -0.2) is 8.42 Å². The summed E-state index contributed by atoms with van der Waals surface area (Å²) in [4.78, 5) is 0.281. The van der Waals surface area contributed by atoms with E-state index in [1.54, 1.807) is 18.2 Å². The third-order valence-electron chi connectivity index (χ3n) is 3.19. The first kappa shape index (κ1) is 14.6. The van der Waals surface area contributed by atoms with Gasteiger partial charge in [0.05, 0.1) is 22.2 Å². The summed E-state index contributed by atoms with van der Waals surface area (Å²) in [5, 5.41) is 3.69. The number of rotatable bonds is 3. The molecular weight excluding hydrogens is 304 g/mol. The largest absolute Gasteiger partial charge is 0.389 e. The molecule has 2 rings (SSSR count). The van der Waals surface area contributed by atoms with Crippen molar-refractivity contribution in [3.63, 3.8) is 0 Å². The predicted molar refractivity (Wildman–Crippen MR) is 82.6 cm³/mol. The minimum atomic E-state index is -2.95. The molecule has 1 aliphatic heterocycles. The van der Waals surface area contributed by atoms with Gasteiger partial charge in [0.2, 0.25) is 0 Å². The van der Waals surface area contributed by atoms with Gasteiger partial charge in [-0.3, -0.25) is 0 Å². The highest BCUT2D eigenvalue weighted by molar-refractivity contribution is 7.91. The Bertz CT molecular complexity index is 631. The molecule has 19 heavy (non-hydrogen) atoms. The summed E-state index contributed by atoms with van der Waals surface area (Å²) in [6, 6.07) is 5.22. The fourth-order valence-electron chi connectivity index (χ4n) is 2.20. The van der Waals surface area contributed by atoms with E-state index in [2.05, 4.69) is 5.32 Å². The Balaban J connectivity index is 2.23. The van der Waals surface area contributed by atoms with Crippen molar-refractivity contribution in [3.05, 3.63) is 28.8 Å². The van der Waals surface area contributed by atoms with Crippen LogP contribution in [0.3, 0.4) is 0 Å². The van der Waals surface area contributed by atoms with Crippen molar-refractivity contribution in [1.82, 2.24) is 0 Å². The van der Waals surface area contributed by atoms with E-state index in [4.69, 9.17) is 29.6 Å². The molecule has 1 aromatic rings. The molecule has 0 aromatic heterocycles. The number of hydrogen-bond donors (Lipinski definition) is 2. The standard InChI is InChI=1S/C12H15ClN2O2S2/c1-12(4-5-19(16,17)7-12)15-10-3-2-8(11(14)18)6-9(10)13/h2-3,6,15H,4-5,7H2,1H3,(H2,14,18). The molecule has 1 saturated heterocycles. The molecule has 1 unspecified atom stereocenters. The first-order valence-corrected chi connectivity index (χ1v) is 8.40. The third kappa shape index (κ3) is 3.38. The summed E-state index contributed by atoms with van der Waals surface area (Å²) in [5.41, 5.74) is 6.44. The van der Waals surface area contributed by atoms with Gasteiger partial charge in [0.1, 0.15) is 4.99 Å². The number of benzene rings is 1. The van der Waals surface area contributed by atoms with E-state index in [1.165, 1.54) is 0 Å². The average molecular weight is 319 g/mol. The average Bonchev–Trinajstić information content (AvgIpc) is 2.56. The highest BCUT2D eigenvalue weighted by Crippen LogP contribution is 2.31. The van der Waals surface area contributed by atoms with E-state index in [0.717, 1.165) is 0 Å². The maximum atomic E-state index is 11.6. The Labute approximate surface area is 123 Å². The minimum Gasteiger partial charge on any atom is -0.389 e. The zero-order valence-corrected chi connectivity index (χ0v) is 12.8. The molecule has 0 spiro atoms. The number of nitrogens with one attached hydrogen (secondary N) is 1. The maximum absolute atomic E-state index is 11.6. The van der Waals surface area contributed by atoms with Gasteiger partial charge in [-0.15, -0.1) is 0 Å². The molecule has 0 amide bonds. The number of hydrogen-bond acceptors (Lipinski definition) is 4. The second-order valence-corrected chi connectivity index (χ2v) is 8.12. The Hall–Kier alpha value is -0.850. The molecule has 7 heteroatoms. The highest BCUT2D eigenvalue weighted by atomic mass is 35.5. The van der Waals surface area contributed by atoms with Gasteiger partial charge < -0.3 is 11.1 Å². The summed E-state index contributed by atoms with van der Waals surface area (Å²) in [6.07, 6.45) is 0.572. The molecule has 0 saturated carbocycles. The third-order valence-corrected chi connectivity index (χ3v) is 5.64. The van der Waals surface area contributed by atoms with Crippen molar-refractivity contribution < 1.29 is 8.42 Å². The molecular formula is C12H15ClN2O2S2. The van der Waals surface area contributed by atoms with Gasteiger partial charge in [-0.2, -0.15) is 0 Å². The van der Waals surface area contributed by atoms with E-state index in [9.17, 15) is 8.42 Å². The molecule has 104 valence electrons. The van der Waals surface area contributed by atoms with Crippen molar-refractivity contribution in [2.45, 2.75) is 18.9 Å². The van der Waals surface area contributed by atoms with E-state index < -0.39 is 15.4 Å². The zero-order chi connectivity index (χ0) is 14.3. The molecule has 0 radical (unpaired) electrons. The molecule has 0 aliphatic carbocycles. The van der Waals surface area contributed by atoms with Gasteiger partial charge in [0.25, 0.3) is 0 Å². The van der Waals surface area contributed by atoms with Gasteiger partial charge in [0.15, 0.2) is 9.84 Å². The van der Waals surface area contributed by atoms with Crippen LogP contribution in [0.25, 0.3) is 0 Å². The first-order chi connectivity index (χ1) is 8.71. The Kier molecular flexibility index (Phi) is 3.77. The monoisotopic (exact) mass is 318 g/mol. The predicted octanol–water partition coefficient (Wildman–Crippen LogP) is 1.96. The van der Waals surface area contributed by atoms with Crippen LogP contribution in [0.5, 0.6) is 0 Å². The van der Waals surface area contributed by atoms with Crippen LogP contribution in [0, 0.1) is 0 Å². The van der Waals surface area contributed by atoms with Crippen molar-refractivity contribution in [3.8, 4) is 0 Å². The Morgan fingerprint density at radius 2 is 2.21 bits per heavy atom. The van der Waals surface area contributed by atoms with Crippen LogP contribution in [0.1, 0.15) is 18.9 Å². The first-order valence-electron chi connectivity index (χ1n) is 5.79. The number of thiocarbonyl (C=S) groups is 1. The van der Waals surface area contributed by atoms with Gasteiger partial charge in [-0.1, -0.05) is 23.8 Å². The fourth-order valence-corrected chi connectivity index (χ4v) is 4.65. The van der Waals surface area contributed by atoms with E-state index in [1.807, 2.05) is 6.92 Å². The van der Waals surface area contributed by atoms with Crippen LogP contribution in [-0.2, 0) is 9.84 Å². The summed E-state index contributed by atoms with van der Waals surface area (Å²) in [5.74, 6) is 0.326. The zero-order valence-electron chi connectivity index (χ0n) is 10.4. The van der Waals surface area contributed by atoms with E-state index in [-0.39, 0.29) is 16.5 Å². The smallest absolute Gasteiger partial charge is 0.152 e. The van der Waals surface area contributed by atoms with Crippen molar-refractivity contribution in [2.75, 3.05) is 16.8 Å². The maximum Gasteiger partial charge on any atom is 0.152 e. The topological polar surface area (TPSA) is 72.2 Å². The van der Waals surface area contributed by atoms with Crippen LogP contribution in [0.2, 0.25) is 5.02 Å². The molecule has 1 aliphatic rings. The molecule has 1 aromatic carbocycles. The molecule has 1 heterocycles. The lowest BCUT2D eigenvalue weighted by molar-refractivity contribution is 0.574. The van der Waals surface area contributed by atoms with Gasteiger partial charge in [0, 0.05) is 11.1 Å². The Morgan fingerprint density at radius 1 is 1.53 bits per heavy atom. The van der Waals surface area contributed by atoms with Crippen LogP contribution < -0.4 is 11.1 Å². The molecule has 1 atom stereocenters. The minimum absolute atomic E-state index is 0.118. The van der Waals surface area contributed by atoms with Crippen molar-refractivity contribution in [2.24, 2.45) is 5.73 Å². The summed E-state index contributed by atoms with van der Waals surface area (Å²) >= 11 is 11.0. The van der Waals surface area contributed by atoms with Gasteiger partial charge in [-0.05, 0) is 31.5 Å². The normalized spacial score (nSPS) is 25.2. The van der Waals surface area contributed by atoms with Crippen LogP contribution >= 0.6 is 23.8 Å². The van der Waals surface area contributed by atoms with Crippen LogP contribution in [0.15, 0.2) is 18.2 Å². The second kappa shape index (κ2) is 4.92. The number of anilines is 1. The molecule has 3 N–H and O–H groups in total. The summed E-state index contributed by atoms with van der Waals surface area (Å²) in [7, 11) is -2.95. The second-order valence-electron chi connectivity index (χ2n) is 5.09. The highest BCUT2D eigenvalue weighted by Gasteiger charge is 2.38. The number of halogens is 1. The molecule has 4 nitrogen and oxygen atoms in total. The lowest BCUT2D eigenvalue weighted by Gasteiger charge is -2.26. The van der Waals surface area contributed by atoms with Crippen LogP contribution in [-0.4, -0.2) is 30.5 Å². The fraction of sp³-hybridized carbons (Fsp3) is 0.417. The number of sulfone groups is 1. The summed E-state index contributed by atoms with van der Waals surface area (Å²) < 4.78 is 23.1. The Morgan fingerprint density at radius 3 is 2.68 bits per heavy atom. The quantitative estimate of drug-likeness (QED) is 0.834. The van der Waals surface area contributed by atoms with E-state index >= 15 is 0 Å². The molecule has 1 fully saturated rings. The van der Waals surface area contributed by atoms with Crippen molar-refractivity contribution in [1.29, 1.82) is 0 Å². The van der Waals surface area contributed by atoms with Gasteiger partial charge >= 0.3 is 0 Å². The SMILES string of the molecule is CC1(Nc2ccc(C(N)=S)cc2Cl)CCS(=O)(=O)C1. The molecule has 0 bridgehead atoms. The number of nitrogens with two attached hydrogens (primary N) is 1.